The average Bonchev–Trinajstić information content (AvgIpc) is 2.75. The van der Waals surface area contributed by atoms with E-state index in [0.717, 1.165) is 18.9 Å². The van der Waals surface area contributed by atoms with Gasteiger partial charge in [-0.15, -0.1) is 0 Å². The molecule has 1 atom stereocenters. The minimum Gasteiger partial charge on any atom is -0.383 e. The highest BCUT2D eigenvalue weighted by atomic mass is 16.5. The number of aromatic nitrogens is 2. The van der Waals surface area contributed by atoms with Gasteiger partial charge in [-0.05, 0) is 13.8 Å². The Balaban J connectivity index is 2.18. The van der Waals surface area contributed by atoms with Gasteiger partial charge in [0.15, 0.2) is 0 Å². The van der Waals surface area contributed by atoms with Crippen LogP contribution >= 0.6 is 0 Å². The van der Waals surface area contributed by atoms with Gasteiger partial charge < -0.3 is 19.9 Å². The maximum Gasteiger partial charge on any atom is 0.236 e. The van der Waals surface area contributed by atoms with Crippen LogP contribution in [0.25, 0.3) is 0 Å². The molecule has 1 unspecified atom stereocenters. The smallest absolute Gasteiger partial charge is 0.236 e. The molecule has 0 fully saturated rings. The molecule has 18 heavy (non-hydrogen) atoms. The number of hydrogen-bond acceptors (Lipinski definition) is 4. The van der Waals surface area contributed by atoms with Crippen molar-refractivity contribution in [1.82, 2.24) is 20.2 Å². The van der Waals surface area contributed by atoms with Crippen molar-refractivity contribution in [1.29, 1.82) is 0 Å². The van der Waals surface area contributed by atoms with Gasteiger partial charge in [0.2, 0.25) is 5.91 Å². The first-order valence-electron chi connectivity index (χ1n) is 6.13. The van der Waals surface area contributed by atoms with Crippen LogP contribution in [0.1, 0.15) is 12.7 Å². The number of amides is 1. The first-order valence-corrected chi connectivity index (χ1v) is 6.13. The van der Waals surface area contributed by atoms with Crippen molar-refractivity contribution in [3.8, 4) is 0 Å². The second-order valence-corrected chi connectivity index (χ2v) is 4.13. The molecule has 0 aromatic carbocycles. The van der Waals surface area contributed by atoms with Gasteiger partial charge in [-0.1, -0.05) is 0 Å². The fourth-order valence-corrected chi connectivity index (χ4v) is 1.56. The van der Waals surface area contributed by atoms with Crippen molar-refractivity contribution in [2.45, 2.75) is 26.4 Å². The first-order chi connectivity index (χ1) is 8.65. The molecule has 1 aromatic heterocycles. The molecule has 2 N–H and O–H groups in total. The van der Waals surface area contributed by atoms with E-state index in [1.807, 2.05) is 24.6 Å². The van der Waals surface area contributed by atoms with Crippen LogP contribution < -0.4 is 10.6 Å². The fraction of sp³-hybridized carbons (Fsp3) is 0.667. The second kappa shape index (κ2) is 7.84. The van der Waals surface area contributed by atoms with Crippen molar-refractivity contribution in [2.24, 2.45) is 0 Å². The average molecular weight is 254 g/mol. The Morgan fingerprint density at radius 2 is 2.33 bits per heavy atom. The third-order valence-corrected chi connectivity index (χ3v) is 2.73. The number of methoxy groups -OCH3 is 1. The van der Waals surface area contributed by atoms with E-state index in [9.17, 15) is 4.79 Å². The Bertz CT molecular complexity index is 365. The van der Waals surface area contributed by atoms with Gasteiger partial charge in [0, 0.05) is 39.1 Å². The largest absolute Gasteiger partial charge is 0.383 e. The van der Waals surface area contributed by atoms with Crippen LogP contribution in [-0.2, 0) is 16.1 Å². The van der Waals surface area contributed by atoms with Crippen LogP contribution in [0, 0.1) is 6.92 Å². The lowest BCUT2D eigenvalue weighted by atomic mass is 10.3. The van der Waals surface area contributed by atoms with E-state index in [2.05, 4.69) is 15.6 Å². The summed E-state index contributed by atoms with van der Waals surface area (Å²) < 4.78 is 6.91. The van der Waals surface area contributed by atoms with Crippen molar-refractivity contribution in [3.63, 3.8) is 0 Å². The van der Waals surface area contributed by atoms with E-state index in [0.29, 0.717) is 13.2 Å². The summed E-state index contributed by atoms with van der Waals surface area (Å²) >= 11 is 0. The predicted octanol–water partition coefficient (Wildman–Crippen LogP) is -0.0678. The van der Waals surface area contributed by atoms with Gasteiger partial charge in [0.25, 0.3) is 0 Å². The molecule has 0 saturated carbocycles. The summed E-state index contributed by atoms with van der Waals surface area (Å²) in [5.74, 6) is 0.975. The molecule has 0 spiro atoms. The molecule has 0 bridgehead atoms. The topological polar surface area (TPSA) is 68.2 Å². The summed E-state index contributed by atoms with van der Waals surface area (Å²) in [5.41, 5.74) is 0. The third kappa shape index (κ3) is 4.85. The van der Waals surface area contributed by atoms with Gasteiger partial charge in [-0.25, -0.2) is 4.98 Å². The molecule has 0 aliphatic rings. The highest BCUT2D eigenvalue weighted by Crippen LogP contribution is 1.93. The second-order valence-electron chi connectivity index (χ2n) is 4.13. The molecule has 1 rings (SSSR count). The van der Waals surface area contributed by atoms with E-state index in [1.54, 1.807) is 13.3 Å². The van der Waals surface area contributed by atoms with Gasteiger partial charge in [-0.2, -0.15) is 0 Å². The van der Waals surface area contributed by atoms with Crippen molar-refractivity contribution >= 4 is 5.91 Å². The Labute approximate surface area is 108 Å². The predicted molar refractivity (Wildman–Crippen MR) is 69.3 cm³/mol. The maximum absolute atomic E-state index is 11.6. The number of rotatable bonds is 8. The molecule has 6 heteroatoms. The summed E-state index contributed by atoms with van der Waals surface area (Å²) in [6.07, 6.45) is 3.70. The van der Waals surface area contributed by atoms with Gasteiger partial charge >= 0.3 is 0 Å². The van der Waals surface area contributed by atoms with Crippen LogP contribution in [0.15, 0.2) is 12.4 Å². The normalized spacial score (nSPS) is 12.4. The number of aryl methyl sites for hydroxylation is 1. The molecule has 0 saturated heterocycles. The number of carbonyl (C=O) groups is 1. The van der Waals surface area contributed by atoms with Crippen molar-refractivity contribution < 1.29 is 9.53 Å². The van der Waals surface area contributed by atoms with Crippen LogP contribution in [0.3, 0.4) is 0 Å². The van der Waals surface area contributed by atoms with E-state index < -0.39 is 0 Å². The van der Waals surface area contributed by atoms with Crippen LogP contribution in [0.2, 0.25) is 0 Å². The Kier molecular flexibility index (Phi) is 6.38. The number of nitrogens with one attached hydrogen (secondary N) is 2. The zero-order chi connectivity index (χ0) is 13.4. The summed E-state index contributed by atoms with van der Waals surface area (Å²) in [6.45, 7) is 6.43. The lowest BCUT2D eigenvalue weighted by Gasteiger charge is -2.14. The van der Waals surface area contributed by atoms with Crippen molar-refractivity contribution in [2.75, 3.05) is 26.8 Å². The lowest BCUT2D eigenvalue weighted by molar-refractivity contribution is -0.122. The molecule has 102 valence electrons. The number of carbonyl (C=O) groups excluding carboxylic acids is 1. The first kappa shape index (κ1) is 14.7. The molecule has 0 aliphatic carbocycles. The van der Waals surface area contributed by atoms with E-state index >= 15 is 0 Å². The quantitative estimate of drug-likeness (QED) is 0.637. The molecular weight excluding hydrogens is 232 g/mol. The standard InChI is InChI=1S/C12H22N4O2/c1-10(12(17)15-6-9-18-3)13-4-7-16-8-5-14-11(16)2/h5,8,10,13H,4,6-7,9H2,1-3H3,(H,15,17). The molecule has 6 nitrogen and oxygen atoms in total. The molecule has 1 aromatic rings. The minimum atomic E-state index is -0.203. The fourth-order valence-electron chi connectivity index (χ4n) is 1.56. The highest BCUT2D eigenvalue weighted by molar-refractivity contribution is 5.81. The lowest BCUT2D eigenvalue weighted by Crippen LogP contribution is -2.44. The molecule has 0 radical (unpaired) electrons. The summed E-state index contributed by atoms with van der Waals surface area (Å²) in [5, 5.41) is 5.97. The summed E-state index contributed by atoms with van der Waals surface area (Å²) in [7, 11) is 1.61. The van der Waals surface area contributed by atoms with Gasteiger partial charge in [0.1, 0.15) is 5.82 Å². The number of hydrogen-bond donors (Lipinski definition) is 2. The SMILES string of the molecule is COCCNC(=O)C(C)NCCn1ccnc1C. The molecule has 0 aliphatic heterocycles. The van der Waals surface area contributed by atoms with Crippen molar-refractivity contribution in [3.05, 3.63) is 18.2 Å². The highest BCUT2D eigenvalue weighted by Gasteiger charge is 2.10. The van der Waals surface area contributed by atoms with E-state index in [-0.39, 0.29) is 11.9 Å². The van der Waals surface area contributed by atoms with Crippen LogP contribution in [-0.4, -0.2) is 48.3 Å². The minimum absolute atomic E-state index is 0.00518. The van der Waals surface area contributed by atoms with Crippen LogP contribution in [0.5, 0.6) is 0 Å². The summed E-state index contributed by atoms with van der Waals surface area (Å²) in [6, 6.07) is -0.203. The Hall–Kier alpha value is -1.40. The Morgan fingerprint density at radius 3 is 2.94 bits per heavy atom. The van der Waals surface area contributed by atoms with Gasteiger partial charge in [0.05, 0.1) is 12.6 Å². The number of imidazole rings is 1. The number of nitrogens with zero attached hydrogens (tertiary/aromatic N) is 2. The monoisotopic (exact) mass is 254 g/mol. The third-order valence-electron chi connectivity index (χ3n) is 2.73. The molecule has 1 amide bonds. The molecule has 1 heterocycles. The maximum atomic E-state index is 11.6. The summed E-state index contributed by atoms with van der Waals surface area (Å²) in [4.78, 5) is 15.8. The van der Waals surface area contributed by atoms with E-state index in [1.165, 1.54) is 0 Å². The van der Waals surface area contributed by atoms with E-state index in [4.69, 9.17) is 4.74 Å². The molecular formula is C12H22N4O2. The number of ether oxygens (including phenoxy) is 1. The zero-order valence-corrected chi connectivity index (χ0v) is 11.3. The van der Waals surface area contributed by atoms with Gasteiger partial charge in [-0.3, -0.25) is 4.79 Å². The Morgan fingerprint density at radius 1 is 1.56 bits per heavy atom. The van der Waals surface area contributed by atoms with Crippen LogP contribution in [0.4, 0.5) is 0 Å². The zero-order valence-electron chi connectivity index (χ0n) is 11.3.